The van der Waals surface area contributed by atoms with E-state index >= 15 is 0 Å². The van der Waals surface area contributed by atoms with Gasteiger partial charge in [-0.1, -0.05) is 26.0 Å². The average Bonchev–Trinajstić information content (AvgIpc) is 2.95. The van der Waals surface area contributed by atoms with Crippen LogP contribution in [0.15, 0.2) is 24.3 Å². The molecule has 1 atom stereocenters. The normalized spacial score (nSPS) is 23.2. The second-order valence-electron chi connectivity index (χ2n) is 6.51. The third-order valence-electron chi connectivity index (χ3n) is 4.25. The number of nitrogens with zero attached hydrogens (tertiary/aromatic N) is 2. The Balaban J connectivity index is 1.71. The van der Waals surface area contributed by atoms with Crippen molar-refractivity contribution in [1.29, 1.82) is 0 Å². The molecule has 1 aromatic rings. The maximum absolute atomic E-state index is 5.47. The van der Waals surface area contributed by atoms with Crippen molar-refractivity contribution in [2.24, 2.45) is 5.92 Å². The molecule has 0 aliphatic carbocycles. The minimum Gasteiger partial charge on any atom is -0.378 e. The highest BCUT2D eigenvalue weighted by molar-refractivity contribution is 5.70. The molecule has 3 rings (SSSR count). The van der Waals surface area contributed by atoms with E-state index in [1.165, 1.54) is 11.4 Å². The van der Waals surface area contributed by atoms with E-state index in [0.29, 0.717) is 5.92 Å². The monoisotopic (exact) mass is 304 g/mol. The van der Waals surface area contributed by atoms with Crippen LogP contribution in [0.4, 0.5) is 11.4 Å². The molecule has 0 spiro atoms. The van der Waals surface area contributed by atoms with Crippen molar-refractivity contribution in [2.75, 3.05) is 56.2 Å². The summed E-state index contributed by atoms with van der Waals surface area (Å²) >= 11 is 0. The van der Waals surface area contributed by atoms with Crippen molar-refractivity contribution in [3.8, 4) is 0 Å². The van der Waals surface area contributed by atoms with Crippen molar-refractivity contribution < 1.29 is 4.74 Å². The summed E-state index contributed by atoms with van der Waals surface area (Å²) < 4.78 is 5.47. The summed E-state index contributed by atoms with van der Waals surface area (Å²) in [5, 5.41) is 7.26. The molecule has 5 nitrogen and oxygen atoms in total. The number of morpholine rings is 1. The first kappa shape index (κ1) is 15.6. The summed E-state index contributed by atoms with van der Waals surface area (Å²) in [6.45, 7) is 11.4. The zero-order chi connectivity index (χ0) is 15.4. The molecule has 0 amide bonds. The van der Waals surface area contributed by atoms with Crippen LogP contribution in [0.25, 0.3) is 0 Å². The molecule has 2 aliphatic heterocycles. The molecule has 22 heavy (non-hydrogen) atoms. The minimum atomic E-state index is 0.226. The van der Waals surface area contributed by atoms with Crippen LogP contribution >= 0.6 is 0 Å². The molecule has 122 valence electrons. The molecule has 2 aliphatic rings. The van der Waals surface area contributed by atoms with Gasteiger partial charge in [0.15, 0.2) is 0 Å². The van der Waals surface area contributed by atoms with Crippen molar-refractivity contribution in [2.45, 2.75) is 20.1 Å². The molecular weight excluding hydrogens is 276 g/mol. The summed E-state index contributed by atoms with van der Waals surface area (Å²) in [6.07, 6.45) is 0.226. The number of hydrogen-bond acceptors (Lipinski definition) is 5. The summed E-state index contributed by atoms with van der Waals surface area (Å²) in [5.74, 6) is 0.679. The van der Waals surface area contributed by atoms with Gasteiger partial charge in [-0.3, -0.25) is 10.2 Å². The Morgan fingerprint density at radius 2 is 2.00 bits per heavy atom. The van der Waals surface area contributed by atoms with Gasteiger partial charge in [-0.2, -0.15) is 0 Å². The predicted octanol–water partition coefficient (Wildman–Crippen LogP) is 1.78. The number of para-hydroxylation sites is 2. The second-order valence-corrected chi connectivity index (χ2v) is 6.51. The van der Waals surface area contributed by atoms with E-state index < -0.39 is 0 Å². The average molecular weight is 304 g/mol. The Bertz CT molecular complexity index is 473. The van der Waals surface area contributed by atoms with Gasteiger partial charge >= 0.3 is 0 Å². The highest BCUT2D eigenvalue weighted by atomic mass is 16.5. The largest absolute Gasteiger partial charge is 0.378 e. The van der Waals surface area contributed by atoms with Crippen LogP contribution in [-0.4, -0.2) is 57.1 Å². The first-order chi connectivity index (χ1) is 10.7. The zero-order valence-corrected chi connectivity index (χ0v) is 13.7. The van der Waals surface area contributed by atoms with E-state index in [0.717, 1.165) is 45.9 Å². The summed E-state index contributed by atoms with van der Waals surface area (Å²) in [6, 6.07) is 8.60. The molecule has 1 aromatic carbocycles. The minimum absolute atomic E-state index is 0.226. The van der Waals surface area contributed by atoms with Crippen molar-refractivity contribution in [3.63, 3.8) is 0 Å². The molecule has 0 bridgehead atoms. The molecule has 2 saturated heterocycles. The molecule has 2 N–H and O–H groups in total. The molecular formula is C17H28N4O. The van der Waals surface area contributed by atoms with Gasteiger partial charge in [0, 0.05) is 32.7 Å². The number of hydrogen-bond donors (Lipinski definition) is 2. The molecule has 5 heteroatoms. The third kappa shape index (κ3) is 3.72. The lowest BCUT2D eigenvalue weighted by Gasteiger charge is -2.33. The second kappa shape index (κ2) is 7.31. The quantitative estimate of drug-likeness (QED) is 0.868. The Hall–Kier alpha value is -1.30. The van der Waals surface area contributed by atoms with Gasteiger partial charge in [0.2, 0.25) is 0 Å². The van der Waals surface area contributed by atoms with E-state index in [9.17, 15) is 0 Å². The van der Waals surface area contributed by atoms with Crippen LogP contribution < -0.4 is 15.5 Å². The first-order valence-corrected chi connectivity index (χ1v) is 8.40. The maximum Gasteiger partial charge on any atom is 0.135 e. The highest BCUT2D eigenvalue weighted by Gasteiger charge is 2.25. The molecule has 2 fully saturated rings. The fraction of sp³-hybridized carbons (Fsp3) is 0.647. The first-order valence-electron chi connectivity index (χ1n) is 8.40. The number of rotatable bonds is 5. The highest BCUT2D eigenvalue weighted by Crippen LogP contribution is 2.27. The molecule has 0 radical (unpaired) electrons. The fourth-order valence-electron chi connectivity index (χ4n) is 3.23. The van der Waals surface area contributed by atoms with Gasteiger partial charge in [0.25, 0.3) is 0 Å². The SMILES string of the molecule is CC(C)CN1CCNC1Nc1ccccc1N1CCOCC1. The maximum atomic E-state index is 5.47. The Kier molecular flexibility index (Phi) is 5.18. The topological polar surface area (TPSA) is 39.8 Å². The van der Waals surface area contributed by atoms with Crippen LogP contribution in [0.2, 0.25) is 0 Å². The van der Waals surface area contributed by atoms with Gasteiger partial charge in [-0.15, -0.1) is 0 Å². The van der Waals surface area contributed by atoms with E-state index in [-0.39, 0.29) is 6.29 Å². The Morgan fingerprint density at radius 1 is 1.23 bits per heavy atom. The van der Waals surface area contributed by atoms with Gasteiger partial charge in [0.1, 0.15) is 6.29 Å². The van der Waals surface area contributed by atoms with Gasteiger partial charge < -0.3 is 15.0 Å². The smallest absolute Gasteiger partial charge is 0.135 e. The van der Waals surface area contributed by atoms with Crippen molar-refractivity contribution >= 4 is 11.4 Å². The summed E-state index contributed by atoms with van der Waals surface area (Å²) in [7, 11) is 0. The van der Waals surface area contributed by atoms with E-state index in [4.69, 9.17) is 4.74 Å². The van der Waals surface area contributed by atoms with Crippen molar-refractivity contribution in [3.05, 3.63) is 24.3 Å². The van der Waals surface area contributed by atoms with Gasteiger partial charge in [-0.05, 0) is 18.1 Å². The number of nitrogens with one attached hydrogen (secondary N) is 2. The molecule has 0 aromatic heterocycles. The number of anilines is 2. The van der Waals surface area contributed by atoms with E-state index in [1.807, 2.05) is 0 Å². The van der Waals surface area contributed by atoms with Crippen LogP contribution in [0.3, 0.4) is 0 Å². The lowest BCUT2D eigenvalue weighted by Crippen LogP contribution is -2.44. The Morgan fingerprint density at radius 3 is 2.77 bits per heavy atom. The number of benzene rings is 1. The van der Waals surface area contributed by atoms with Crippen LogP contribution in [0, 0.1) is 5.92 Å². The third-order valence-corrected chi connectivity index (χ3v) is 4.25. The lowest BCUT2D eigenvalue weighted by atomic mass is 10.2. The molecule has 0 saturated carbocycles. The van der Waals surface area contributed by atoms with E-state index in [1.54, 1.807) is 0 Å². The predicted molar refractivity (Wildman–Crippen MR) is 91.3 cm³/mol. The fourth-order valence-corrected chi connectivity index (χ4v) is 3.23. The Labute approximate surface area is 133 Å². The standard InChI is InChI=1S/C17H28N4O/c1-14(2)13-21-8-7-18-17(21)19-15-5-3-4-6-16(15)20-9-11-22-12-10-20/h3-6,14,17-19H,7-13H2,1-2H3. The molecule has 1 unspecified atom stereocenters. The zero-order valence-electron chi connectivity index (χ0n) is 13.7. The van der Waals surface area contributed by atoms with E-state index in [2.05, 4.69) is 58.5 Å². The van der Waals surface area contributed by atoms with Crippen LogP contribution in [0.5, 0.6) is 0 Å². The van der Waals surface area contributed by atoms with Crippen LogP contribution in [0.1, 0.15) is 13.8 Å². The van der Waals surface area contributed by atoms with Gasteiger partial charge in [0.05, 0.1) is 24.6 Å². The van der Waals surface area contributed by atoms with Crippen LogP contribution in [-0.2, 0) is 4.74 Å². The lowest BCUT2D eigenvalue weighted by molar-refractivity contribution is 0.122. The summed E-state index contributed by atoms with van der Waals surface area (Å²) in [5.41, 5.74) is 2.49. The number of ether oxygens (including phenoxy) is 1. The van der Waals surface area contributed by atoms with Gasteiger partial charge in [-0.25, -0.2) is 0 Å². The summed E-state index contributed by atoms with van der Waals surface area (Å²) in [4.78, 5) is 4.90. The van der Waals surface area contributed by atoms with Crippen molar-refractivity contribution in [1.82, 2.24) is 10.2 Å². The molecule has 2 heterocycles.